The van der Waals surface area contributed by atoms with Gasteiger partial charge in [-0.05, 0) is 13.5 Å². The summed E-state index contributed by atoms with van der Waals surface area (Å²) in [6, 6.07) is 2.32. The summed E-state index contributed by atoms with van der Waals surface area (Å²) >= 11 is 0. The molecule has 1 aliphatic heterocycles. The van der Waals surface area contributed by atoms with Crippen molar-refractivity contribution < 1.29 is 0 Å². The highest BCUT2D eigenvalue weighted by Crippen LogP contribution is 2.08. The number of likely N-dealkylation sites (N-methyl/N-ethyl adjacent to an activating group) is 1. The average Bonchev–Trinajstić information content (AvgIpc) is 2.18. The number of nitriles is 1. The molecule has 80 valence electrons. The summed E-state index contributed by atoms with van der Waals surface area (Å²) < 4.78 is 0. The monoisotopic (exact) mass is 196 g/mol. The summed E-state index contributed by atoms with van der Waals surface area (Å²) in [4.78, 5) is 4.74. The minimum Gasteiger partial charge on any atom is -0.315 e. The second kappa shape index (κ2) is 5.30. The van der Waals surface area contributed by atoms with E-state index in [1.165, 1.54) is 0 Å². The van der Waals surface area contributed by atoms with E-state index in [1.807, 2.05) is 0 Å². The van der Waals surface area contributed by atoms with Crippen LogP contribution < -0.4 is 5.73 Å². The summed E-state index contributed by atoms with van der Waals surface area (Å²) in [6.45, 7) is 9.39. The SMILES string of the molecule is CCN1CCN(CC(N)C#N)CC1C. The molecule has 0 radical (unpaired) electrons. The van der Waals surface area contributed by atoms with E-state index >= 15 is 0 Å². The topological polar surface area (TPSA) is 56.3 Å². The van der Waals surface area contributed by atoms with E-state index in [0.29, 0.717) is 12.6 Å². The summed E-state index contributed by atoms with van der Waals surface area (Å²) in [6.07, 6.45) is 0. The molecule has 0 bridgehead atoms. The zero-order valence-electron chi connectivity index (χ0n) is 9.11. The fourth-order valence-electron chi connectivity index (χ4n) is 2.03. The van der Waals surface area contributed by atoms with Crippen molar-refractivity contribution in [3.8, 4) is 6.07 Å². The maximum atomic E-state index is 8.62. The zero-order valence-corrected chi connectivity index (χ0v) is 9.11. The van der Waals surface area contributed by atoms with Gasteiger partial charge in [0.15, 0.2) is 0 Å². The first-order valence-corrected chi connectivity index (χ1v) is 5.29. The second-order valence-electron chi connectivity index (χ2n) is 3.97. The summed E-state index contributed by atoms with van der Waals surface area (Å²) in [7, 11) is 0. The second-order valence-corrected chi connectivity index (χ2v) is 3.97. The van der Waals surface area contributed by atoms with Crippen LogP contribution in [0.2, 0.25) is 0 Å². The maximum Gasteiger partial charge on any atom is 0.106 e. The molecule has 0 saturated carbocycles. The Morgan fingerprint density at radius 2 is 2.29 bits per heavy atom. The molecule has 1 saturated heterocycles. The van der Waals surface area contributed by atoms with Crippen LogP contribution in [-0.2, 0) is 0 Å². The number of hydrogen-bond acceptors (Lipinski definition) is 4. The van der Waals surface area contributed by atoms with Crippen LogP contribution in [0.1, 0.15) is 13.8 Å². The van der Waals surface area contributed by atoms with Crippen LogP contribution in [0.3, 0.4) is 0 Å². The van der Waals surface area contributed by atoms with Gasteiger partial charge in [-0.15, -0.1) is 0 Å². The molecule has 4 nitrogen and oxygen atoms in total. The van der Waals surface area contributed by atoms with Crippen molar-refractivity contribution in [2.75, 3.05) is 32.7 Å². The van der Waals surface area contributed by atoms with Crippen LogP contribution in [0.25, 0.3) is 0 Å². The molecule has 1 heterocycles. The number of piperazine rings is 1. The van der Waals surface area contributed by atoms with Gasteiger partial charge in [0.25, 0.3) is 0 Å². The lowest BCUT2D eigenvalue weighted by atomic mass is 10.1. The van der Waals surface area contributed by atoms with Crippen LogP contribution in [0.4, 0.5) is 0 Å². The first-order chi connectivity index (χ1) is 6.67. The molecule has 1 fully saturated rings. The lowest BCUT2D eigenvalue weighted by molar-refractivity contribution is 0.0871. The van der Waals surface area contributed by atoms with Crippen molar-refractivity contribution >= 4 is 0 Å². The van der Waals surface area contributed by atoms with Gasteiger partial charge in [-0.25, -0.2) is 0 Å². The molecule has 2 unspecified atom stereocenters. The highest BCUT2D eigenvalue weighted by molar-refractivity contribution is 4.91. The molecule has 2 atom stereocenters. The van der Waals surface area contributed by atoms with Crippen molar-refractivity contribution in [3.05, 3.63) is 0 Å². The predicted molar refractivity (Wildman–Crippen MR) is 56.7 cm³/mol. The largest absolute Gasteiger partial charge is 0.315 e. The van der Waals surface area contributed by atoms with E-state index in [1.54, 1.807) is 0 Å². The first kappa shape index (κ1) is 11.4. The van der Waals surface area contributed by atoms with E-state index in [-0.39, 0.29) is 6.04 Å². The smallest absolute Gasteiger partial charge is 0.106 e. The molecule has 14 heavy (non-hydrogen) atoms. The maximum absolute atomic E-state index is 8.62. The Morgan fingerprint density at radius 3 is 2.79 bits per heavy atom. The third kappa shape index (κ3) is 2.95. The van der Waals surface area contributed by atoms with E-state index in [2.05, 4.69) is 29.7 Å². The Balaban J connectivity index is 2.36. The van der Waals surface area contributed by atoms with Gasteiger partial charge in [0.2, 0.25) is 0 Å². The molecule has 0 aromatic carbocycles. The fraction of sp³-hybridized carbons (Fsp3) is 0.900. The third-order valence-corrected chi connectivity index (χ3v) is 2.88. The molecule has 2 N–H and O–H groups in total. The predicted octanol–water partition coefficient (Wildman–Crippen LogP) is -0.137. The van der Waals surface area contributed by atoms with Gasteiger partial charge in [-0.3, -0.25) is 9.80 Å². The van der Waals surface area contributed by atoms with E-state index in [4.69, 9.17) is 11.0 Å². The third-order valence-electron chi connectivity index (χ3n) is 2.88. The molecule has 1 aliphatic rings. The summed E-state index contributed by atoms with van der Waals surface area (Å²) in [5, 5.41) is 8.62. The molecule has 1 rings (SSSR count). The molecule has 0 aliphatic carbocycles. The molecule has 0 aromatic rings. The van der Waals surface area contributed by atoms with Crippen LogP contribution in [0.15, 0.2) is 0 Å². The van der Waals surface area contributed by atoms with Crippen LogP contribution in [0, 0.1) is 11.3 Å². The Labute approximate surface area is 86.3 Å². The van der Waals surface area contributed by atoms with E-state index in [9.17, 15) is 0 Å². The Morgan fingerprint density at radius 1 is 1.57 bits per heavy atom. The Bertz CT molecular complexity index is 211. The highest BCUT2D eigenvalue weighted by Gasteiger charge is 2.22. The van der Waals surface area contributed by atoms with Crippen molar-refractivity contribution in [2.45, 2.75) is 25.9 Å². The van der Waals surface area contributed by atoms with E-state index < -0.39 is 0 Å². The molecule has 4 heteroatoms. The number of nitrogens with two attached hydrogens (primary N) is 1. The van der Waals surface area contributed by atoms with Gasteiger partial charge >= 0.3 is 0 Å². The van der Waals surface area contributed by atoms with Gasteiger partial charge < -0.3 is 5.73 Å². The fourth-order valence-corrected chi connectivity index (χ4v) is 2.03. The van der Waals surface area contributed by atoms with Gasteiger partial charge in [0, 0.05) is 32.2 Å². The van der Waals surface area contributed by atoms with Crippen molar-refractivity contribution in [1.82, 2.24) is 9.80 Å². The van der Waals surface area contributed by atoms with Gasteiger partial charge in [0.05, 0.1) is 6.07 Å². The van der Waals surface area contributed by atoms with Crippen molar-refractivity contribution in [3.63, 3.8) is 0 Å². The van der Waals surface area contributed by atoms with Crippen LogP contribution in [0.5, 0.6) is 0 Å². The minimum atomic E-state index is -0.338. The Hall–Kier alpha value is -0.630. The summed E-state index contributed by atoms with van der Waals surface area (Å²) in [5.74, 6) is 0. The van der Waals surface area contributed by atoms with Gasteiger partial charge in [-0.2, -0.15) is 5.26 Å². The minimum absolute atomic E-state index is 0.338. The molecular weight excluding hydrogens is 176 g/mol. The normalized spacial score (nSPS) is 27.1. The van der Waals surface area contributed by atoms with Gasteiger partial charge in [0.1, 0.15) is 6.04 Å². The zero-order chi connectivity index (χ0) is 10.6. The number of hydrogen-bond donors (Lipinski definition) is 1. The number of rotatable bonds is 3. The molecule has 0 aromatic heterocycles. The van der Waals surface area contributed by atoms with Crippen LogP contribution >= 0.6 is 0 Å². The standard InChI is InChI=1S/C10H20N4/c1-3-14-5-4-13(7-9(14)2)8-10(12)6-11/h9-10H,3-5,7-8,12H2,1-2H3. The highest BCUT2D eigenvalue weighted by atomic mass is 15.3. The lowest BCUT2D eigenvalue weighted by Crippen LogP contribution is -2.53. The van der Waals surface area contributed by atoms with Gasteiger partial charge in [-0.1, -0.05) is 6.92 Å². The Kier molecular flexibility index (Phi) is 4.33. The van der Waals surface area contributed by atoms with Crippen molar-refractivity contribution in [2.24, 2.45) is 5.73 Å². The number of nitrogens with zero attached hydrogens (tertiary/aromatic N) is 3. The van der Waals surface area contributed by atoms with E-state index in [0.717, 1.165) is 26.2 Å². The average molecular weight is 196 g/mol. The van der Waals surface area contributed by atoms with Crippen molar-refractivity contribution in [1.29, 1.82) is 5.26 Å². The van der Waals surface area contributed by atoms with Crippen LogP contribution in [-0.4, -0.2) is 54.6 Å². The first-order valence-electron chi connectivity index (χ1n) is 5.29. The lowest BCUT2D eigenvalue weighted by Gasteiger charge is -2.39. The quantitative estimate of drug-likeness (QED) is 0.683. The summed E-state index contributed by atoms with van der Waals surface area (Å²) in [5.41, 5.74) is 5.60. The molecule has 0 amide bonds. The molecular formula is C10H20N4. The molecule has 0 spiro atoms.